The van der Waals surface area contributed by atoms with Crippen LogP contribution in [0.25, 0.3) is 0 Å². The van der Waals surface area contributed by atoms with Crippen LogP contribution in [0.15, 0.2) is 30.3 Å². The van der Waals surface area contributed by atoms with Gasteiger partial charge in [0.05, 0.1) is 13.7 Å². The predicted molar refractivity (Wildman–Crippen MR) is 114 cm³/mol. The van der Waals surface area contributed by atoms with E-state index in [4.69, 9.17) is 14.2 Å². The highest BCUT2D eigenvalue weighted by Crippen LogP contribution is 2.44. The summed E-state index contributed by atoms with van der Waals surface area (Å²) in [5, 5.41) is 0. The Balaban J connectivity index is 2.08. The van der Waals surface area contributed by atoms with Crippen LogP contribution in [-0.2, 0) is 13.1 Å². The summed E-state index contributed by atoms with van der Waals surface area (Å²) in [7, 11) is 1.66. The third-order valence-electron chi connectivity index (χ3n) is 5.41. The van der Waals surface area contributed by atoms with Gasteiger partial charge in [0.25, 0.3) is 0 Å². The minimum Gasteiger partial charge on any atom is -0.496 e. The van der Waals surface area contributed by atoms with Gasteiger partial charge in [0.2, 0.25) is 0 Å². The minimum absolute atomic E-state index is 0.385. The molecule has 0 radical (unpaired) electrons. The molecule has 0 spiro atoms. The van der Waals surface area contributed by atoms with Gasteiger partial charge in [-0.15, -0.1) is 0 Å². The van der Waals surface area contributed by atoms with E-state index in [1.54, 1.807) is 19.2 Å². The first-order valence-electron chi connectivity index (χ1n) is 10.3. The molecule has 0 saturated carbocycles. The number of hydrogen-bond donors (Lipinski definition) is 0. The highest BCUT2D eigenvalue weighted by Gasteiger charge is 2.34. The van der Waals surface area contributed by atoms with E-state index in [2.05, 4.69) is 25.7 Å². The van der Waals surface area contributed by atoms with Crippen LogP contribution in [0.2, 0.25) is 0 Å². The molecule has 3 rings (SSSR count). The average molecular weight is 398 g/mol. The molecule has 0 saturated heterocycles. The van der Waals surface area contributed by atoms with Gasteiger partial charge in [-0.05, 0) is 39.3 Å². The number of rotatable bonds is 8. The van der Waals surface area contributed by atoms with E-state index in [1.807, 2.05) is 25.1 Å². The van der Waals surface area contributed by atoms with Crippen LogP contribution in [0.5, 0.6) is 17.2 Å². The number of fused-ring (bicyclic) bond motifs is 1. The molecule has 1 aliphatic heterocycles. The zero-order chi connectivity index (χ0) is 21.0. The van der Waals surface area contributed by atoms with Gasteiger partial charge in [0.15, 0.2) is 0 Å². The van der Waals surface area contributed by atoms with Gasteiger partial charge in [-0.25, -0.2) is 4.79 Å². The molecule has 0 aliphatic carbocycles. The van der Waals surface area contributed by atoms with Crippen molar-refractivity contribution in [3.63, 3.8) is 0 Å². The minimum atomic E-state index is -0.413. The third-order valence-corrected chi connectivity index (χ3v) is 5.41. The van der Waals surface area contributed by atoms with Crippen LogP contribution < -0.4 is 14.2 Å². The fraction of sp³-hybridized carbons (Fsp3) is 0.458. The van der Waals surface area contributed by atoms with Crippen molar-refractivity contribution in [1.82, 2.24) is 4.90 Å². The number of para-hydroxylation sites is 1. The standard InChI is InChI=1S/C24H31NO4/c1-6-7-13-28-23-20-15-25(16(2)3)14-19(20)22(27-5)17(4)21(23)24(26)29-18-11-9-8-10-12-18/h8-12,16H,6-7,13-15H2,1-5H3. The molecule has 0 bridgehead atoms. The number of methoxy groups -OCH3 is 1. The molecule has 0 atom stereocenters. The van der Waals surface area contributed by atoms with Crippen LogP contribution in [0.1, 0.15) is 60.7 Å². The van der Waals surface area contributed by atoms with Gasteiger partial charge in [-0.3, -0.25) is 4.90 Å². The first-order chi connectivity index (χ1) is 14.0. The van der Waals surface area contributed by atoms with E-state index >= 15 is 0 Å². The van der Waals surface area contributed by atoms with Crippen molar-refractivity contribution >= 4 is 5.97 Å². The number of carbonyl (C=O) groups is 1. The van der Waals surface area contributed by atoms with Gasteiger partial charge in [-0.1, -0.05) is 31.5 Å². The zero-order valence-electron chi connectivity index (χ0n) is 18.1. The fourth-order valence-corrected chi connectivity index (χ4v) is 3.74. The number of unbranched alkanes of at least 4 members (excludes halogenated alkanes) is 1. The van der Waals surface area contributed by atoms with Gasteiger partial charge >= 0.3 is 5.97 Å². The highest BCUT2D eigenvalue weighted by molar-refractivity contribution is 5.97. The Morgan fingerprint density at radius 2 is 1.76 bits per heavy atom. The maximum Gasteiger partial charge on any atom is 0.347 e. The smallest absolute Gasteiger partial charge is 0.347 e. The lowest BCUT2D eigenvalue weighted by Crippen LogP contribution is -2.24. The summed E-state index contributed by atoms with van der Waals surface area (Å²) in [5.41, 5.74) is 3.38. The molecule has 5 heteroatoms. The Kier molecular flexibility index (Phi) is 6.80. The van der Waals surface area contributed by atoms with E-state index in [0.717, 1.165) is 48.4 Å². The van der Waals surface area contributed by atoms with Gasteiger partial charge in [0.1, 0.15) is 22.8 Å². The predicted octanol–water partition coefficient (Wildman–Crippen LogP) is 5.13. The average Bonchev–Trinajstić information content (AvgIpc) is 3.14. The summed E-state index contributed by atoms with van der Waals surface area (Å²) < 4.78 is 17.6. The Morgan fingerprint density at radius 3 is 2.34 bits per heavy atom. The summed E-state index contributed by atoms with van der Waals surface area (Å²) in [6.07, 6.45) is 1.96. The zero-order valence-corrected chi connectivity index (χ0v) is 18.1. The van der Waals surface area contributed by atoms with Crippen molar-refractivity contribution < 1.29 is 19.0 Å². The molecular formula is C24H31NO4. The Hall–Kier alpha value is -2.53. The lowest BCUT2D eigenvalue weighted by atomic mass is 9.97. The van der Waals surface area contributed by atoms with E-state index in [1.165, 1.54) is 0 Å². The topological polar surface area (TPSA) is 48.0 Å². The molecular weight excluding hydrogens is 366 g/mol. The number of esters is 1. The maximum atomic E-state index is 13.2. The molecule has 0 fully saturated rings. The summed E-state index contributed by atoms with van der Waals surface area (Å²) in [6, 6.07) is 9.51. The molecule has 0 N–H and O–H groups in total. The summed E-state index contributed by atoms with van der Waals surface area (Å²) in [4.78, 5) is 15.6. The molecule has 1 heterocycles. The first kappa shape index (κ1) is 21.2. The molecule has 2 aromatic rings. The maximum absolute atomic E-state index is 13.2. The lowest BCUT2D eigenvalue weighted by Gasteiger charge is -2.20. The van der Waals surface area contributed by atoms with Crippen molar-refractivity contribution in [2.75, 3.05) is 13.7 Å². The first-order valence-corrected chi connectivity index (χ1v) is 10.3. The number of hydrogen-bond acceptors (Lipinski definition) is 5. The molecule has 156 valence electrons. The SMILES string of the molecule is CCCCOc1c2c(c(OC)c(C)c1C(=O)Oc1ccccc1)CN(C(C)C)C2. The lowest BCUT2D eigenvalue weighted by molar-refractivity contribution is 0.0728. The van der Waals surface area contributed by atoms with Crippen molar-refractivity contribution in [1.29, 1.82) is 0 Å². The molecule has 0 amide bonds. The number of benzene rings is 2. The molecule has 29 heavy (non-hydrogen) atoms. The fourth-order valence-electron chi connectivity index (χ4n) is 3.74. The second kappa shape index (κ2) is 9.31. The van der Waals surface area contributed by atoms with Crippen molar-refractivity contribution in [3.05, 3.63) is 52.6 Å². The molecule has 5 nitrogen and oxygen atoms in total. The number of nitrogens with zero attached hydrogens (tertiary/aromatic N) is 1. The second-order valence-electron chi connectivity index (χ2n) is 7.72. The number of ether oxygens (including phenoxy) is 3. The van der Waals surface area contributed by atoms with Crippen LogP contribution in [0.4, 0.5) is 0 Å². The van der Waals surface area contributed by atoms with Crippen LogP contribution in [-0.4, -0.2) is 30.6 Å². The summed E-state index contributed by atoms with van der Waals surface area (Å²) in [6.45, 7) is 10.5. The molecule has 0 unspecified atom stereocenters. The Labute approximate surface area is 173 Å². The number of carbonyl (C=O) groups excluding carboxylic acids is 1. The molecule has 1 aliphatic rings. The van der Waals surface area contributed by atoms with Crippen LogP contribution >= 0.6 is 0 Å². The second-order valence-corrected chi connectivity index (χ2v) is 7.72. The van der Waals surface area contributed by atoms with Gasteiger partial charge < -0.3 is 14.2 Å². The van der Waals surface area contributed by atoms with Gasteiger partial charge in [0, 0.05) is 35.8 Å². The normalized spacial score (nSPS) is 13.4. The summed E-state index contributed by atoms with van der Waals surface area (Å²) >= 11 is 0. The van der Waals surface area contributed by atoms with E-state index in [0.29, 0.717) is 29.7 Å². The van der Waals surface area contributed by atoms with E-state index < -0.39 is 5.97 Å². The van der Waals surface area contributed by atoms with Crippen LogP contribution in [0, 0.1) is 6.92 Å². The monoisotopic (exact) mass is 397 g/mol. The largest absolute Gasteiger partial charge is 0.496 e. The van der Waals surface area contributed by atoms with Crippen LogP contribution in [0.3, 0.4) is 0 Å². The molecule has 2 aromatic carbocycles. The van der Waals surface area contributed by atoms with Crippen molar-refractivity contribution in [3.8, 4) is 17.2 Å². The van der Waals surface area contributed by atoms with Gasteiger partial charge in [-0.2, -0.15) is 0 Å². The van der Waals surface area contributed by atoms with E-state index in [-0.39, 0.29) is 0 Å². The Morgan fingerprint density at radius 1 is 1.10 bits per heavy atom. The quantitative estimate of drug-likeness (QED) is 0.351. The van der Waals surface area contributed by atoms with Crippen molar-refractivity contribution in [2.45, 2.75) is 59.7 Å². The highest BCUT2D eigenvalue weighted by atomic mass is 16.5. The van der Waals surface area contributed by atoms with Crippen molar-refractivity contribution in [2.24, 2.45) is 0 Å². The third kappa shape index (κ3) is 4.40. The summed E-state index contributed by atoms with van der Waals surface area (Å²) in [5.74, 6) is 1.51. The van der Waals surface area contributed by atoms with E-state index in [9.17, 15) is 4.79 Å². The Bertz CT molecular complexity index is 861. The molecule has 0 aromatic heterocycles.